The van der Waals surface area contributed by atoms with Crippen LogP contribution in [0.5, 0.6) is 11.5 Å². The fraction of sp³-hybridized carbons (Fsp3) is 0.364. The molecule has 2 atom stereocenters. The first-order chi connectivity index (χ1) is 14.7. The number of halogens is 3. The lowest BCUT2D eigenvalue weighted by Gasteiger charge is -2.30. The lowest BCUT2D eigenvalue weighted by Crippen LogP contribution is -2.54. The summed E-state index contributed by atoms with van der Waals surface area (Å²) >= 11 is 0. The van der Waals surface area contributed by atoms with Gasteiger partial charge in [-0.3, -0.25) is 9.59 Å². The maximum absolute atomic E-state index is 12.9. The van der Waals surface area contributed by atoms with Gasteiger partial charge in [-0.05, 0) is 59.4 Å². The van der Waals surface area contributed by atoms with E-state index in [0.717, 1.165) is 22.3 Å². The second kappa shape index (κ2) is 7.79. The normalized spacial score (nSPS) is 20.5. The fourth-order valence-electron chi connectivity index (χ4n) is 4.17. The van der Waals surface area contributed by atoms with E-state index in [2.05, 4.69) is 5.32 Å². The number of ether oxygens (including phenoxy) is 2. The maximum Gasteiger partial charge on any atom is 0.408 e. The van der Waals surface area contributed by atoms with Crippen LogP contribution in [0.3, 0.4) is 0 Å². The van der Waals surface area contributed by atoms with Crippen LogP contribution in [-0.4, -0.2) is 38.3 Å². The van der Waals surface area contributed by atoms with Gasteiger partial charge in [-0.1, -0.05) is 12.1 Å². The summed E-state index contributed by atoms with van der Waals surface area (Å²) in [5.41, 5.74) is 3.32. The molecule has 6 nitrogen and oxygen atoms in total. The van der Waals surface area contributed by atoms with E-state index >= 15 is 0 Å². The molecule has 0 spiro atoms. The molecule has 2 aromatic carbocycles. The molecule has 9 heteroatoms. The largest absolute Gasteiger partial charge is 0.497 e. The highest BCUT2D eigenvalue weighted by Gasteiger charge is 2.46. The molecule has 4 rings (SSSR count). The SMILES string of the molecule is COc1ccc2c(c1)-c1cc(OC)ccc1C2NC(=O)C1CCC(C(F)(F)F)NC1=O. The highest BCUT2D eigenvalue weighted by atomic mass is 19.4. The standard InChI is InChI=1S/C22H21F3N2O4/c1-30-11-3-5-13-16(9-11)17-10-12(31-2)4-6-14(17)19(13)27-21(29)15-7-8-18(22(23,24)25)26-20(15)28/h3-6,9-10,15,18-19H,7-8H2,1-2H3,(H,26,28)(H,27,29). The van der Waals surface area contributed by atoms with Crippen LogP contribution in [-0.2, 0) is 9.59 Å². The average Bonchev–Trinajstić information content (AvgIpc) is 3.05. The third-order valence-electron chi connectivity index (χ3n) is 5.81. The zero-order chi connectivity index (χ0) is 22.3. The van der Waals surface area contributed by atoms with Crippen molar-refractivity contribution < 1.29 is 32.2 Å². The number of amides is 2. The number of fused-ring (bicyclic) bond motifs is 3. The summed E-state index contributed by atoms with van der Waals surface area (Å²) in [5.74, 6) is -1.40. The van der Waals surface area contributed by atoms with Crippen molar-refractivity contribution >= 4 is 11.8 Å². The number of piperidine rings is 1. The van der Waals surface area contributed by atoms with Crippen LogP contribution in [0.2, 0.25) is 0 Å². The summed E-state index contributed by atoms with van der Waals surface area (Å²) in [6.45, 7) is 0. The molecular weight excluding hydrogens is 413 g/mol. The molecule has 0 bridgehead atoms. The van der Waals surface area contributed by atoms with Crippen LogP contribution in [0.1, 0.15) is 30.0 Å². The number of hydrogen-bond donors (Lipinski definition) is 2. The second-order valence-corrected chi connectivity index (χ2v) is 7.58. The Balaban J connectivity index is 1.61. The monoisotopic (exact) mass is 434 g/mol. The molecule has 1 saturated heterocycles. The number of methoxy groups -OCH3 is 2. The van der Waals surface area contributed by atoms with Gasteiger partial charge in [0.1, 0.15) is 23.5 Å². The highest BCUT2D eigenvalue weighted by Crippen LogP contribution is 2.46. The average molecular weight is 434 g/mol. The van der Waals surface area contributed by atoms with Gasteiger partial charge in [-0.2, -0.15) is 13.2 Å². The van der Waals surface area contributed by atoms with Crippen LogP contribution >= 0.6 is 0 Å². The zero-order valence-electron chi connectivity index (χ0n) is 16.9. The van der Waals surface area contributed by atoms with Gasteiger partial charge in [0.25, 0.3) is 0 Å². The predicted molar refractivity (Wildman–Crippen MR) is 106 cm³/mol. The number of nitrogens with one attached hydrogen (secondary N) is 2. The Bertz CT molecular complexity index is 984. The minimum absolute atomic E-state index is 0.167. The Labute approximate surface area is 176 Å². The van der Waals surface area contributed by atoms with Crippen molar-refractivity contribution in [1.82, 2.24) is 10.6 Å². The van der Waals surface area contributed by atoms with Gasteiger partial charge in [0.15, 0.2) is 0 Å². The Kier molecular flexibility index (Phi) is 5.28. The molecule has 164 valence electrons. The van der Waals surface area contributed by atoms with E-state index in [-0.39, 0.29) is 12.8 Å². The lowest BCUT2D eigenvalue weighted by atomic mass is 9.92. The molecule has 1 aliphatic heterocycles. The van der Waals surface area contributed by atoms with Crippen LogP contribution in [0.25, 0.3) is 11.1 Å². The van der Waals surface area contributed by atoms with Crippen molar-refractivity contribution in [2.75, 3.05) is 14.2 Å². The first kappa shape index (κ1) is 21.0. The van der Waals surface area contributed by atoms with E-state index in [1.165, 1.54) is 0 Å². The van der Waals surface area contributed by atoms with Crippen molar-refractivity contribution in [3.8, 4) is 22.6 Å². The van der Waals surface area contributed by atoms with Crippen LogP contribution < -0.4 is 20.1 Å². The quantitative estimate of drug-likeness (QED) is 0.724. The number of rotatable bonds is 4. The first-order valence-corrected chi connectivity index (χ1v) is 9.76. The number of benzene rings is 2. The lowest BCUT2D eigenvalue weighted by molar-refractivity contribution is -0.171. The molecule has 1 fully saturated rings. The molecule has 2 N–H and O–H groups in total. The fourth-order valence-corrected chi connectivity index (χ4v) is 4.17. The summed E-state index contributed by atoms with van der Waals surface area (Å²) in [6.07, 6.45) is -5.03. The molecule has 0 saturated carbocycles. The van der Waals surface area contributed by atoms with Crippen molar-refractivity contribution in [2.45, 2.75) is 31.1 Å². The molecule has 2 aliphatic rings. The van der Waals surface area contributed by atoms with Crippen molar-refractivity contribution in [1.29, 1.82) is 0 Å². The molecule has 2 amide bonds. The van der Waals surface area contributed by atoms with Crippen molar-refractivity contribution in [3.05, 3.63) is 47.5 Å². The Hall–Kier alpha value is -3.23. The Morgan fingerprint density at radius 2 is 1.55 bits per heavy atom. The van der Waals surface area contributed by atoms with Gasteiger partial charge in [0, 0.05) is 0 Å². The molecular formula is C22H21F3N2O4. The molecule has 31 heavy (non-hydrogen) atoms. The summed E-state index contributed by atoms with van der Waals surface area (Å²) in [7, 11) is 3.11. The minimum Gasteiger partial charge on any atom is -0.497 e. The summed E-state index contributed by atoms with van der Waals surface area (Å²) in [4.78, 5) is 25.1. The molecule has 2 aromatic rings. The summed E-state index contributed by atoms with van der Waals surface area (Å²) in [6, 6.07) is 8.42. The number of carbonyl (C=O) groups excluding carboxylic acids is 2. The van der Waals surface area contributed by atoms with E-state index in [9.17, 15) is 22.8 Å². The molecule has 0 radical (unpaired) electrons. The van der Waals surface area contributed by atoms with E-state index in [0.29, 0.717) is 11.5 Å². The van der Waals surface area contributed by atoms with Gasteiger partial charge < -0.3 is 20.1 Å². The van der Waals surface area contributed by atoms with Gasteiger partial charge in [0.05, 0.1) is 20.3 Å². The topological polar surface area (TPSA) is 76.7 Å². The first-order valence-electron chi connectivity index (χ1n) is 9.76. The van der Waals surface area contributed by atoms with Crippen molar-refractivity contribution in [2.24, 2.45) is 5.92 Å². The van der Waals surface area contributed by atoms with E-state index in [1.54, 1.807) is 26.4 Å². The second-order valence-electron chi connectivity index (χ2n) is 7.58. The third-order valence-corrected chi connectivity index (χ3v) is 5.81. The van der Waals surface area contributed by atoms with Gasteiger partial charge in [-0.15, -0.1) is 0 Å². The van der Waals surface area contributed by atoms with Crippen LogP contribution in [0.4, 0.5) is 13.2 Å². The molecule has 0 aromatic heterocycles. The maximum atomic E-state index is 12.9. The molecule has 1 aliphatic carbocycles. The summed E-state index contributed by atoms with van der Waals surface area (Å²) < 4.78 is 49.3. The third kappa shape index (κ3) is 3.80. The van der Waals surface area contributed by atoms with Crippen LogP contribution in [0, 0.1) is 5.92 Å². The van der Waals surface area contributed by atoms with Gasteiger partial charge in [0.2, 0.25) is 11.8 Å². The van der Waals surface area contributed by atoms with E-state index < -0.39 is 36.0 Å². The number of alkyl halides is 3. The highest BCUT2D eigenvalue weighted by molar-refractivity contribution is 6.01. The Morgan fingerprint density at radius 1 is 1.00 bits per heavy atom. The summed E-state index contributed by atoms with van der Waals surface area (Å²) in [5, 5.41) is 4.78. The molecule has 1 heterocycles. The predicted octanol–water partition coefficient (Wildman–Crippen LogP) is 3.35. The Morgan fingerprint density at radius 3 is 2.00 bits per heavy atom. The van der Waals surface area contributed by atoms with E-state index in [4.69, 9.17) is 9.47 Å². The zero-order valence-corrected chi connectivity index (χ0v) is 16.9. The minimum atomic E-state index is -4.53. The van der Waals surface area contributed by atoms with Crippen LogP contribution in [0.15, 0.2) is 36.4 Å². The van der Waals surface area contributed by atoms with Gasteiger partial charge >= 0.3 is 6.18 Å². The van der Waals surface area contributed by atoms with Crippen molar-refractivity contribution in [3.63, 3.8) is 0 Å². The molecule has 2 unspecified atom stereocenters. The van der Waals surface area contributed by atoms with E-state index in [1.807, 2.05) is 29.6 Å². The van der Waals surface area contributed by atoms with Gasteiger partial charge in [-0.25, -0.2) is 0 Å². The smallest absolute Gasteiger partial charge is 0.408 e. The number of hydrogen-bond acceptors (Lipinski definition) is 4. The number of carbonyl (C=O) groups is 2.